The van der Waals surface area contributed by atoms with Gasteiger partial charge in [-0.05, 0) is 24.5 Å². The maximum Gasteiger partial charge on any atom is 0.236 e. The van der Waals surface area contributed by atoms with E-state index in [2.05, 4.69) is 0 Å². The third kappa shape index (κ3) is 3.04. The second-order valence-corrected chi connectivity index (χ2v) is 4.39. The Balaban J connectivity index is 2.94. The van der Waals surface area contributed by atoms with Gasteiger partial charge in [-0.25, -0.2) is 0 Å². The lowest BCUT2D eigenvalue weighted by Crippen LogP contribution is -2.28. The number of carbonyl (C=O) groups excluding carboxylic acids is 1. The molecule has 0 saturated heterocycles. The summed E-state index contributed by atoms with van der Waals surface area (Å²) >= 11 is 7.32. The Morgan fingerprint density at radius 3 is 2.87 bits per heavy atom. The predicted molar refractivity (Wildman–Crippen MR) is 67.7 cm³/mol. The maximum absolute atomic E-state index is 11.6. The number of halogens is 1. The Hall–Kier alpha value is -0.870. The fourth-order valence-electron chi connectivity index (χ4n) is 1.16. The summed E-state index contributed by atoms with van der Waals surface area (Å²) in [6.45, 7) is 0. The Kier molecular flexibility index (Phi) is 4.29. The van der Waals surface area contributed by atoms with E-state index in [0.717, 1.165) is 0 Å². The molecule has 1 amide bonds. The minimum absolute atomic E-state index is 0.0106. The highest BCUT2D eigenvalue weighted by Gasteiger charge is 2.12. The summed E-state index contributed by atoms with van der Waals surface area (Å²) in [6, 6.07) is 5.09. The van der Waals surface area contributed by atoms with Gasteiger partial charge in [-0.3, -0.25) is 4.79 Å². The number of benzene rings is 1. The van der Waals surface area contributed by atoms with E-state index in [9.17, 15) is 4.79 Å². The summed E-state index contributed by atoms with van der Waals surface area (Å²) in [5.41, 5.74) is 6.97. The van der Waals surface area contributed by atoms with Crippen LogP contribution >= 0.6 is 23.4 Å². The van der Waals surface area contributed by atoms with Crippen molar-refractivity contribution in [2.45, 2.75) is 0 Å². The van der Waals surface area contributed by atoms with Crippen LogP contribution < -0.4 is 10.6 Å². The van der Waals surface area contributed by atoms with E-state index in [0.29, 0.717) is 22.2 Å². The van der Waals surface area contributed by atoms with Crippen LogP contribution in [0.4, 0.5) is 11.4 Å². The van der Waals surface area contributed by atoms with E-state index in [1.165, 1.54) is 16.7 Å². The monoisotopic (exact) mass is 244 g/mol. The summed E-state index contributed by atoms with van der Waals surface area (Å²) < 4.78 is 0. The minimum Gasteiger partial charge on any atom is -0.397 e. The van der Waals surface area contributed by atoms with Crippen LogP contribution in [-0.2, 0) is 4.79 Å². The van der Waals surface area contributed by atoms with Gasteiger partial charge in [0.2, 0.25) is 5.91 Å². The number of thioether (sulfide) groups is 1. The van der Waals surface area contributed by atoms with E-state index in [1.807, 2.05) is 6.26 Å². The van der Waals surface area contributed by atoms with Crippen molar-refractivity contribution in [1.82, 2.24) is 0 Å². The summed E-state index contributed by atoms with van der Waals surface area (Å²) in [5.74, 6) is 0.444. The Bertz CT molecular complexity index is 370. The molecule has 0 aromatic heterocycles. The van der Waals surface area contributed by atoms with E-state index >= 15 is 0 Å². The first-order valence-corrected chi connectivity index (χ1v) is 6.14. The van der Waals surface area contributed by atoms with Crippen LogP contribution in [0.15, 0.2) is 18.2 Å². The van der Waals surface area contributed by atoms with Gasteiger partial charge in [0.1, 0.15) is 0 Å². The topological polar surface area (TPSA) is 46.3 Å². The van der Waals surface area contributed by atoms with Crippen molar-refractivity contribution in [3.63, 3.8) is 0 Å². The molecule has 0 spiro atoms. The van der Waals surface area contributed by atoms with Crippen molar-refractivity contribution < 1.29 is 4.79 Å². The SMILES string of the molecule is CSCC(=O)N(C)c1cc(Cl)ccc1N. The lowest BCUT2D eigenvalue weighted by Gasteiger charge is -2.18. The van der Waals surface area contributed by atoms with Gasteiger partial charge in [-0.2, -0.15) is 11.8 Å². The molecule has 0 aliphatic heterocycles. The van der Waals surface area contributed by atoms with Crippen molar-refractivity contribution in [2.75, 3.05) is 29.7 Å². The van der Waals surface area contributed by atoms with Crippen LogP contribution in [0.5, 0.6) is 0 Å². The number of nitrogen functional groups attached to an aromatic ring is 1. The molecule has 0 aliphatic rings. The smallest absolute Gasteiger partial charge is 0.236 e. The molecule has 0 radical (unpaired) electrons. The predicted octanol–water partition coefficient (Wildman–Crippen LogP) is 2.25. The molecular formula is C10H13ClN2OS. The number of nitrogens with two attached hydrogens (primary N) is 1. The molecule has 5 heteroatoms. The number of anilines is 2. The van der Waals surface area contributed by atoms with E-state index < -0.39 is 0 Å². The third-order valence-corrected chi connectivity index (χ3v) is 2.77. The molecule has 0 bridgehead atoms. The Morgan fingerprint density at radius 2 is 2.27 bits per heavy atom. The molecule has 0 saturated carbocycles. The summed E-state index contributed by atoms with van der Waals surface area (Å²) in [4.78, 5) is 13.1. The van der Waals surface area contributed by atoms with Crippen LogP contribution in [0.3, 0.4) is 0 Å². The molecule has 3 nitrogen and oxygen atoms in total. The summed E-state index contributed by atoms with van der Waals surface area (Å²) in [5, 5.41) is 0.572. The normalized spacial score (nSPS) is 10.1. The fraction of sp³-hybridized carbons (Fsp3) is 0.300. The third-order valence-electron chi connectivity index (χ3n) is 2.00. The molecule has 0 fully saturated rings. The molecule has 82 valence electrons. The van der Waals surface area contributed by atoms with Crippen molar-refractivity contribution in [1.29, 1.82) is 0 Å². The summed E-state index contributed by atoms with van der Waals surface area (Å²) in [7, 11) is 1.70. The van der Waals surface area contributed by atoms with Gasteiger partial charge < -0.3 is 10.6 Å². The first kappa shape index (κ1) is 12.2. The minimum atomic E-state index is 0.0106. The Labute approximate surface area is 98.6 Å². The molecule has 0 aliphatic carbocycles. The molecule has 0 heterocycles. The van der Waals surface area contributed by atoms with Crippen LogP contribution in [0.1, 0.15) is 0 Å². The largest absolute Gasteiger partial charge is 0.397 e. The van der Waals surface area contributed by atoms with Crippen molar-refractivity contribution in [2.24, 2.45) is 0 Å². The number of rotatable bonds is 3. The van der Waals surface area contributed by atoms with Crippen LogP contribution in [-0.4, -0.2) is 25.0 Å². The lowest BCUT2D eigenvalue weighted by molar-refractivity contribution is -0.115. The Morgan fingerprint density at radius 1 is 1.60 bits per heavy atom. The second kappa shape index (κ2) is 5.28. The first-order chi connectivity index (χ1) is 7.06. The van der Waals surface area contributed by atoms with Gasteiger partial charge >= 0.3 is 0 Å². The van der Waals surface area contributed by atoms with Crippen molar-refractivity contribution in [3.8, 4) is 0 Å². The molecule has 15 heavy (non-hydrogen) atoms. The molecule has 2 N–H and O–H groups in total. The van der Waals surface area contributed by atoms with Crippen molar-refractivity contribution in [3.05, 3.63) is 23.2 Å². The van der Waals surface area contributed by atoms with Gasteiger partial charge in [0.15, 0.2) is 0 Å². The number of hydrogen-bond acceptors (Lipinski definition) is 3. The van der Waals surface area contributed by atoms with Crippen LogP contribution in [0.25, 0.3) is 0 Å². The van der Waals surface area contributed by atoms with Crippen LogP contribution in [0.2, 0.25) is 5.02 Å². The zero-order chi connectivity index (χ0) is 11.4. The number of amides is 1. The number of nitrogens with zero attached hydrogens (tertiary/aromatic N) is 1. The second-order valence-electron chi connectivity index (χ2n) is 3.09. The van der Waals surface area contributed by atoms with Gasteiger partial charge in [-0.1, -0.05) is 11.6 Å². The average Bonchev–Trinajstić information content (AvgIpc) is 2.21. The molecule has 0 unspecified atom stereocenters. The average molecular weight is 245 g/mol. The molecule has 0 atom stereocenters. The molecular weight excluding hydrogens is 232 g/mol. The summed E-state index contributed by atoms with van der Waals surface area (Å²) in [6.07, 6.45) is 1.88. The molecule has 1 rings (SSSR count). The number of carbonyl (C=O) groups is 1. The first-order valence-electron chi connectivity index (χ1n) is 4.36. The molecule has 1 aromatic rings. The van der Waals surface area contributed by atoms with E-state index in [4.69, 9.17) is 17.3 Å². The quantitative estimate of drug-likeness (QED) is 0.830. The molecule has 1 aromatic carbocycles. The zero-order valence-electron chi connectivity index (χ0n) is 8.66. The fourth-order valence-corrected chi connectivity index (χ4v) is 1.77. The van der Waals surface area contributed by atoms with E-state index in [-0.39, 0.29) is 5.91 Å². The maximum atomic E-state index is 11.6. The highest BCUT2D eigenvalue weighted by molar-refractivity contribution is 7.99. The highest BCUT2D eigenvalue weighted by Crippen LogP contribution is 2.26. The zero-order valence-corrected chi connectivity index (χ0v) is 10.2. The van der Waals surface area contributed by atoms with Crippen LogP contribution in [0, 0.1) is 0 Å². The van der Waals surface area contributed by atoms with E-state index in [1.54, 1.807) is 25.2 Å². The highest BCUT2D eigenvalue weighted by atomic mass is 35.5. The lowest BCUT2D eigenvalue weighted by atomic mass is 10.2. The van der Waals surface area contributed by atoms with Gasteiger partial charge in [0, 0.05) is 12.1 Å². The standard InChI is InChI=1S/C10H13ClN2OS/c1-13(10(14)6-15-2)9-5-7(11)3-4-8(9)12/h3-5H,6,12H2,1-2H3. The van der Waals surface area contributed by atoms with Gasteiger partial charge in [-0.15, -0.1) is 0 Å². The number of hydrogen-bond donors (Lipinski definition) is 1. The van der Waals surface area contributed by atoms with Crippen molar-refractivity contribution >= 4 is 40.6 Å². The van der Waals surface area contributed by atoms with Gasteiger partial charge in [0.25, 0.3) is 0 Å². The van der Waals surface area contributed by atoms with Gasteiger partial charge in [0.05, 0.1) is 17.1 Å².